The van der Waals surface area contributed by atoms with Crippen LogP contribution in [-0.4, -0.2) is 40.7 Å². The Bertz CT molecular complexity index is 917. The van der Waals surface area contributed by atoms with Gasteiger partial charge in [-0.15, -0.1) is 0 Å². The van der Waals surface area contributed by atoms with E-state index in [2.05, 4.69) is 6.07 Å². The smallest absolute Gasteiger partial charge is 0.223 e. The molecule has 162 valence electrons. The normalized spacial score (nSPS) is 17.7. The summed E-state index contributed by atoms with van der Waals surface area (Å²) in [6.07, 6.45) is 2.34. The van der Waals surface area contributed by atoms with Gasteiger partial charge in [-0.05, 0) is 62.1 Å². The first-order valence-corrected chi connectivity index (χ1v) is 10.7. The zero-order valence-electron chi connectivity index (χ0n) is 17.8. The van der Waals surface area contributed by atoms with E-state index in [4.69, 9.17) is 16.3 Å². The third kappa shape index (κ3) is 5.32. The molecule has 1 heterocycles. The first kappa shape index (κ1) is 22.6. The van der Waals surface area contributed by atoms with Gasteiger partial charge >= 0.3 is 0 Å². The van der Waals surface area contributed by atoms with E-state index >= 15 is 0 Å². The number of fused-ring (bicyclic) bond motifs is 1. The summed E-state index contributed by atoms with van der Waals surface area (Å²) < 4.78 is 20.0. The predicted octanol–water partition coefficient (Wildman–Crippen LogP) is 4.58. The highest BCUT2D eigenvalue weighted by atomic mass is 35.5. The summed E-state index contributed by atoms with van der Waals surface area (Å²) in [5.74, 6) is 0.466. The number of benzene rings is 2. The summed E-state index contributed by atoms with van der Waals surface area (Å²) in [5.41, 5.74) is 2.58. The maximum Gasteiger partial charge on any atom is 0.223 e. The van der Waals surface area contributed by atoms with Gasteiger partial charge in [0.1, 0.15) is 17.2 Å². The SMILES string of the molecule is CC(C)N(CCO)C(=O)CCc1ccc2c(c1)C[C@@](C)(Cc1ccc(Cl)c(F)c1)O2. The zero-order valence-corrected chi connectivity index (χ0v) is 18.5. The molecule has 2 aromatic carbocycles. The third-order valence-corrected chi connectivity index (χ3v) is 5.83. The topological polar surface area (TPSA) is 49.8 Å². The Kier molecular flexibility index (Phi) is 7.04. The number of aliphatic hydroxyl groups is 1. The highest BCUT2D eigenvalue weighted by Crippen LogP contribution is 2.38. The van der Waals surface area contributed by atoms with Crippen LogP contribution in [-0.2, 0) is 24.1 Å². The lowest BCUT2D eigenvalue weighted by atomic mass is 9.91. The fraction of sp³-hybridized carbons (Fsp3) is 0.458. The van der Waals surface area contributed by atoms with Crippen molar-refractivity contribution in [2.45, 2.75) is 58.1 Å². The van der Waals surface area contributed by atoms with Gasteiger partial charge in [-0.3, -0.25) is 4.79 Å². The van der Waals surface area contributed by atoms with Crippen molar-refractivity contribution in [2.75, 3.05) is 13.2 Å². The molecule has 1 aliphatic rings. The predicted molar refractivity (Wildman–Crippen MR) is 117 cm³/mol. The summed E-state index contributed by atoms with van der Waals surface area (Å²) in [6, 6.07) is 11.0. The molecule has 6 heteroatoms. The molecular formula is C24H29ClFNO3. The number of hydrogen-bond donors (Lipinski definition) is 1. The van der Waals surface area contributed by atoms with Gasteiger partial charge in [0.15, 0.2) is 0 Å². The van der Waals surface area contributed by atoms with E-state index in [1.807, 2.05) is 39.0 Å². The largest absolute Gasteiger partial charge is 0.487 e. The number of aryl methyl sites for hydroxylation is 1. The molecule has 30 heavy (non-hydrogen) atoms. The Balaban J connectivity index is 1.64. The van der Waals surface area contributed by atoms with E-state index in [0.717, 1.165) is 28.9 Å². The van der Waals surface area contributed by atoms with E-state index < -0.39 is 11.4 Å². The Labute approximate surface area is 182 Å². The molecule has 1 N–H and O–H groups in total. The average molecular weight is 434 g/mol. The molecule has 4 nitrogen and oxygen atoms in total. The van der Waals surface area contributed by atoms with E-state index in [9.17, 15) is 14.3 Å². The van der Waals surface area contributed by atoms with Crippen molar-refractivity contribution in [3.8, 4) is 5.75 Å². The highest BCUT2D eigenvalue weighted by Gasteiger charge is 2.35. The second kappa shape index (κ2) is 9.36. The quantitative estimate of drug-likeness (QED) is 0.663. The van der Waals surface area contributed by atoms with E-state index in [0.29, 0.717) is 25.8 Å². The lowest BCUT2D eigenvalue weighted by molar-refractivity contribution is -0.133. The van der Waals surface area contributed by atoms with E-state index in [1.54, 1.807) is 11.0 Å². The zero-order chi connectivity index (χ0) is 21.9. The second-order valence-corrected chi connectivity index (χ2v) is 8.91. The molecular weight excluding hydrogens is 405 g/mol. The van der Waals surface area contributed by atoms with Crippen LogP contribution in [0.15, 0.2) is 36.4 Å². The lowest BCUT2D eigenvalue weighted by Crippen LogP contribution is -2.39. The number of amides is 1. The maximum atomic E-state index is 13.8. The molecule has 0 spiro atoms. The molecule has 0 unspecified atom stereocenters. The minimum Gasteiger partial charge on any atom is -0.487 e. The van der Waals surface area contributed by atoms with Crippen molar-refractivity contribution in [1.29, 1.82) is 0 Å². The third-order valence-electron chi connectivity index (χ3n) is 5.52. The molecule has 1 atom stereocenters. The summed E-state index contributed by atoms with van der Waals surface area (Å²) in [4.78, 5) is 14.2. The monoisotopic (exact) mass is 433 g/mol. The number of aliphatic hydroxyl groups excluding tert-OH is 1. The van der Waals surface area contributed by atoms with E-state index in [-0.39, 0.29) is 23.6 Å². The Hall–Kier alpha value is -2.11. The number of rotatable bonds is 8. The van der Waals surface area contributed by atoms with Crippen LogP contribution < -0.4 is 4.74 Å². The standard InChI is InChI=1S/C24H29ClFNO3/c1-16(2)27(10-11-28)23(29)9-6-17-5-8-22-19(12-17)15-24(3,30-22)14-18-4-7-20(25)21(26)13-18/h4-5,7-8,12-13,16,28H,6,9-11,14-15H2,1-3H3/t24-/m1/s1. The van der Waals surface area contributed by atoms with Gasteiger partial charge in [-0.1, -0.05) is 29.8 Å². The summed E-state index contributed by atoms with van der Waals surface area (Å²) in [6.45, 7) is 6.26. The van der Waals surface area contributed by atoms with Crippen molar-refractivity contribution < 1.29 is 19.0 Å². The van der Waals surface area contributed by atoms with Gasteiger partial charge in [0, 0.05) is 31.8 Å². The number of hydrogen-bond acceptors (Lipinski definition) is 3. The molecule has 0 saturated carbocycles. The number of carbonyl (C=O) groups excluding carboxylic acids is 1. The number of nitrogens with zero attached hydrogens (tertiary/aromatic N) is 1. The molecule has 0 bridgehead atoms. The lowest BCUT2D eigenvalue weighted by Gasteiger charge is -2.26. The van der Waals surface area contributed by atoms with Crippen LogP contribution in [0.25, 0.3) is 0 Å². The fourth-order valence-electron chi connectivity index (χ4n) is 4.08. The first-order chi connectivity index (χ1) is 14.2. The molecule has 0 fully saturated rings. The summed E-state index contributed by atoms with van der Waals surface area (Å²) in [5, 5.41) is 9.29. The van der Waals surface area contributed by atoms with Crippen molar-refractivity contribution in [1.82, 2.24) is 4.90 Å². The fourth-order valence-corrected chi connectivity index (χ4v) is 4.20. The van der Waals surface area contributed by atoms with Gasteiger partial charge in [0.05, 0.1) is 11.6 Å². The molecule has 1 aliphatic heterocycles. The number of carbonyl (C=O) groups is 1. The second-order valence-electron chi connectivity index (χ2n) is 8.50. The van der Waals surface area contributed by atoms with Gasteiger partial charge in [0.25, 0.3) is 0 Å². The van der Waals surface area contributed by atoms with Gasteiger partial charge < -0.3 is 14.7 Å². The van der Waals surface area contributed by atoms with Crippen LogP contribution in [0.1, 0.15) is 43.9 Å². The van der Waals surface area contributed by atoms with Crippen LogP contribution in [0.2, 0.25) is 5.02 Å². The molecule has 3 rings (SSSR count). The molecule has 1 amide bonds. The molecule has 0 aromatic heterocycles. The van der Waals surface area contributed by atoms with Crippen molar-refractivity contribution in [3.05, 3.63) is 63.9 Å². The maximum absolute atomic E-state index is 13.8. The minimum absolute atomic E-state index is 0.0315. The average Bonchev–Trinajstić information content (AvgIpc) is 3.01. The molecule has 0 radical (unpaired) electrons. The molecule has 0 aliphatic carbocycles. The summed E-state index contributed by atoms with van der Waals surface area (Å²) in [7, 11) is 0. The Morgan fingerprint density at radius 2 is 2.00 bits per heavy atom. The minimum atomic E-state index is -0.452. The van der Waals surface area contributed by atoms with Gasteiger partial charge in [-0.2, -0.15) is 0 Å². The van der Waals surface area contributed by atoms with Gasteiger partial charge in [-0.25, -0.2) is 4.39 Å². The van der Waals surface area contributed by atoms with Gasteiger partial charge in [0.2, 0.25) is 5.91 Å². The van der Waals surface area contributed by atoms with Crippen LogP contribution >= 0.6 is 11.6 Å². The van der Waals surface area contributed by atoms with Crippen LogP contribution in [0.3, 0.4) is 0 Å². The van der Waals surface area contributed by atoms with Crippen molar-refractivity contribution in [3.63, 3.8) is 0 Å². The van der Waals surface area contributed by atoms with Crippen molar-refractivity contribution in [2.24, 2.45) is 0 Å². The molecule has 2 aromatic rings. The summed E-state index contributed by atoms with van der Waals surface area (Å²) >= 11 is 5.78. The first-order valence-electron chi connectivity index (χ1n) is 10.4. The van der Waals surface area contributed by atoms with Crippen LogP contribution in [0.4, 0.5) is 4.39 Å². The van der Waals surface area contributed by atoms with Crippen LogP contribution in [0.5, 0.6) is 5.75 Å². The number of ether oxygens (including phenoxy) is 1. The van der Waals surface area contributed by atoms with Crippen LogP contribution in [0, 0.1) is 5.82 Å². The van der Waals surface area contributed by atoms with Crippen molar-refractivity contribution >= 4 is 17.5 Å². The highest BCUT2D eigenvalue weighted by molar-refractivity contribution is 6.30. The van der Waals surface area contributed by atoms with E-state index in [1.165, 1.54) is 6.07 Å². The Morgan fingerprint density at radius 3 is 2.67 bits per heavy atom. The number of halogens is 2. The molecule has 0 saturated heterocycles. The Morgan fingerprint density at radius 1 is 1.27 bits per heavy atom.